The van der Waals surface area contributed by atoms with E-state index in [1.54, 1.807) is 36.2 Å². The molecule has 0 radical (unpaired) electrons. The number of nitrogens with zero attached hydrogens (tertiary/aromatic N) is 6. The Bertz CT molecular complexity index is 885. The first-order valence-corrected chi connectivity index (χ1v) is 8.17. The van der Waals surface area contributed by atoms with E-state index in [-0.39, 0.29) is 5.91 Å². The highest BCUT2D eigenvalue weighted by Crippen LogP contribution is 2.17. The number of rotatable bonds is 4. The number of aromatic nitrogens is 4. The fraction of sp³-hybridized carbons (Fsp3) is 0.312. The molecule has 26 heavy (non-hydrogen) atoms. The van der Waals surface area contributed by atoms with Gasteiger partial charge in [-0.25, -0.2) is 0 Å². The Labute approximate surface area is 148 Å². The van der Waals surface area contributed by atoms with Crippen LogP contribution in [-0.2, 0) is 0 Å². The van der Waals surface area contributed by atoms with Crippen molar-refractivity contribution in [3.63, 3.8) is 0 Å². The van der Waals surface area contributed by atoms with Crippen LogP contribution in [0.4, 0.5) is 17.6 Å². The average Bonchev–Trinajstić information content (AvgIpc) is 3.34. The molecule has 0 spiro atoms. The molecule has 1 N–H and O–H groups in total. The van der Waals surface area contributed by atoms with Gasteiger partial charge in [0.1, 0.15) is 5.76 Å². The maximum Gasteiger partial charge on any atom is 0.289 e. The summed E-state index contributed by atoms with van der Waals surface area (Å²) in [6, 6.07) is 5.13. The minimum atomic E-state index is -0.0979. The largest absolute Gasteiger partial charge is 0.459 e. The normalized spacial score (nSPS) is 14.5. The van der Waals surface area contributed by atoms with Crippen LogP contribution >= 0.6 is 0 Å². The quantitative estimate of drug-likeness (QED) is 0.743. The van der Waals surface area contributed by atoms with Crippen molar-refractivity contribution in [2.24, 2.45) is 0 Å². The fourth-order valence-electron chi connectivity index (χ4n) is 2.73. The zero-order valence-electron chi connectivity index (χ0n) is 14.1. The molecule has 10 heteroatoms. The number of carbonyl (C=O) groups excluding carboxylic acids is 1. The zero-order chi connectivity index (χ0) is 17.9. The summed E-state index contributed by atoms with van der Waals surface area (Å²) in [4.78, 5) is 20.6. The Hall–Kier alpha value is -3.43. The lowest BCUT2D eigenvalue weighted by Gasteiger charge is -2.34. The third kappa shape index (κ3) is 3.34. The molecule has 3 aromatic rings. The first-order valence-electron chi connectivity index (χ1n) is 8.17. The van der Waals surface area contributed by atoms with Gasteiger partial charge in [0.25, 0.3) is 5.91 Å². The molecule has 1 aliphatic heterocycles. The second-order valence-corrected chi connectivity index (χ2v) is 5.84. The van der Waals surface area contributed by atoms with Crippen molar-refractivity contribution >= 4 is 23.5 Å². The maximum atomic E-state index is 12.3. The molecule has 0 aliphatic carbocycles. The third-order valence-corrected chi connectivity index (χ3v) is 4.04. The summed E-state index contributed by atoms with van der Waals surface area (Å²) in [6.45, 7) is 4.25. The first-order chi connectivity index (χ1) is 12.7. The molecule has 1 fully saturated rings. The number of aryl methyl sites for hydroxylation is 1. The van der Waals surface area contributed by atoms with Gasteiger partial charge in [-0.1, -0.05) is 5.16 Å². The lowest BCUT2D eigenvalue weighted by Crippen LogP contribution is -2.49. The highest BCUT2D eigenvalue weighted by atomic mass is 16.5. The number of hydrogen-bond donors (Lipinski definition) is 1. The van der Waals surface area contributed by atoms with Gasteiger partial charge in [0.05, 0.1) is 12.5 Å². The molecular formula is C16H17N7O3. The number of carbonyl (C=O) groups is 1. The second-order valence-electron chi connectivity index (χ2n) is 5.84. The van der Waals surface area contributed by atoms with E-state index in [0.717, 1.165) is 0 Å². The predicted octanol–water partition coefficient (Wildman–Crippen LogP) is 1.47. The van der Waals surface area contributed by atoms with Crippen LogP contribution in [0.3, 0.4) is 0 Å². The van der Waals surface area contributed by atoms with Gasteiger partial charge in [-0.05, 0) is 19.1 Å². The monoisotopic (exact) mass is 355 g/mol. The number of furan rings is 1. The molecule has 1 saturated heterocycles. The van der Waals surface area contributed by atoms with Crippen LogP contribution in [-0.4, -0.2) is 57.3 Å². The average molecular weight is 355 g/mol. The number of anilines is 3. The first kappa shape index (κ1) is 16.1. The van der Waals surface area contributed by atoms with Crippen molar-refractivity contribution < 1.29 is 13.7 Å². The third-order valence-electron chi connectivity index (χ3n) is 4.04. The van der Waals surface area contributed by atoms with Gasteiger partial charge in [0, 0.05) is 32.2 Å². The Balaban J connectivity index is 1.40. The molecule has 1 aliphatic rings. The predicted molar refractivity (Wildman–Crippen MR) is 91.2 cm³/mol. The fourth-order valence-corrected chi connectivity index (χ4v) is 2.73. The molecule has 134 valence electrons. The zero-order valence-corrected chi connectivity index (χ0v) is 14.1. The summed E-state index contributed by atoms with van der Waals surface area (Å²) in [6.07, 6.45) is 3.10. The standard InChI is InChI=1S/C16H17N7O3/c1-11-9-13(21-26-11)18-16-19-14(10-17-20-16)22-4-6-23(7-5-22)15(24)12-3-2-8-25-12/h2-3,8-10H,4-7H2,1H3,(H,18,19,20,21). The number of hydrogen-bond acceptors (Lipinski definition) is 9. The Morgan fingerprint density at radius 3 is 2.81 bits per heavy atom. The van der Waals surface area contributed by atoms with Crippen LogP contribution in [0.5, 0.6) is 0 Å². The Morgan fingerprint density at radius 1 is 1.27 bits per heavy atom. The molecule has 4 rings (SSSR count). The summed E-state index contributed by atoms with van der Waals surface area (Å²) in [5, 5.41) is 14.7. The van der Waals surface area contributed by atoms with E-state index in [2.05, 4.69) is 30.6 Å². The minimum Gasteiger partial charge on any atom is -0.459 e. The van der Waals surface area contributed by atoms with Gasteiger partial charge in [-0.15, -0.1) is 5.10 Å². The summed E-state index contributed by atoms with van der Waals surface area (Å²) >= 11 is 0. The number of amides is 1. The van der Waals surface area contributed by atoms with E-state index in [1.165, 1.54) is 6.26 Å². The van der Waals surface area contributed by atoms with Gasteiger partial charge in [0.2, 0.25) is 5.95 Å². The Morgan fingerprint density at radius 2 is 2.12 bits per heavy atom. The van der Waals surface area contributed by atoms with Crippen LogP contribution in [0.1, 0.15) is 16.3 Å². The number of piperazine rings is 1. The molecule has 1 amide bonds. The minimum absolute atomic E-state index is 0.0979. The molecular weight excluding hydrogens is 338 g/mol. The lowest BCUT2D eigenvalue weighted by molar-refractivity contribution is 0.0714. The van der Waals surface area contributed by atoms with Crippen LogP contribution in [0.25, 0.3) is 0 Å². The summed E-state index contributed by atoms with van der Waals surface area (Å²) in [5.74, 6) is 2.50. The van der Waals surface area contributed by atoms with Gasteiger partial charge in [-0.2, -0.15) is 10.1 Å². The van der Waals surface area contributed by atoms with E-state index in [1.807, 2.05) is 0 Å². The summed E-state index contributed by atoms with van der Waals surface area (Å²) < 4.78 is 10.2. The van der Waals surface area contributed by atoms with Crippen molar-refractivity contribution in [3.05, 3.63) is 42.2 Å². The highest BCUT2D eigenvalue weighted by molar-refractivity contribution is 5.91. The van der Waals surface area contributed by atoms with Crippen molar-refractivity contribution in [2.45, 2.75) is 6.92 Å². The van der Waals surface area contributed by atoms with Crippen LogP contribution in [0, 0.1) is 6.92 Å². The van der Waals surface area contributed by atoms with Crippen molar-refractivity contribution in [2.75, 3.05) is 36.4 Å². The Kier molecular flexibility index (Phi) is 4.22. The van der Waals surface area contributed by atoms with E-state index < -0.39 is 0 Å². The molecule has 0 atom stereocenters. The molecule has 0 unspecified atom stereocenters. The maximum absolute atomic E-state index is 12.3. The second kappa shape index (κ2) is 6.82. The van der Waals surface area contributed by atoms with E-state index in [4.69, 9.17) is 8.94 Å². The van der Waals surface area contributed by atoms with E-state index >= 15 is 0 Å². The van der Waals surface area contributed by atoms with Crippen LogP contribution in [0.15, 0.2) is 39.6 Å². The number of nitrogens with one attached hydrogen (secondary N) is 1. The van der Waals surface area contributed by atoms with Crippen molar-refractivity contribution in [1.82, 2.24) is 25.2 Å². The van der Waals surface area contributed by atoms with Crippen molar-refractivity contribution in [1.29, 1.82) is 0 Å². The molecule has 0 bridgehead atoms. The topological polar surface area (TPSA) is 113 Å². The molecule has 4 heterocycles. The highest BCUT2D eigenvalue weighted by Gasteiger charge is 2.24. The van der Waals surface area contributed by atoms with Crippen molar-refractivity contribution in [3.8, 4) is 0 Å². The molecule has 0 saturated carbocycles. The smallest absolute Gasteiger partial charge is 0.289 e. The van der Waals surface area contributed by atoms with E-state index in [0.29, 0.717) is 55.3 Å². The van der Waals surface area contributed by atoms with Gasteiger partial charge in [-0.3, -0.25) is 4.79 Å². The van der Waals surface area contributed by atoms with Crippen LogP contribution < -0.4 is 10.2 Å². The van der Waals surface area contributed by atoms with Gasteiger partial charge < -0.3 is 24.1 Å². The molecule has 10 nitrogen and oxygen atoms in total. The van der Waals surface area contributed by atoms with Crippen LogP contribution in [0.2, 0.25) is 0 Å². The van der Waals surface area contributed by atoms with E-state index in [9.17, 15) is 4.79 Å². The molecule has 0 aromatic carbocycles. The summed E-state index contributed by atoms with van der Waals surface area (Å²) in [5.41, 5.74) is 0. The van der Waals surface area contributed by atoms with Gasteiger partial charge in [0.15, 0.2) is 17.4 Å². The lowest BCUT2D eigenvalue weighted by atomic mass is 10.3. The van der Waals surface area contributed by atoms with Gasteiger partial charge >= 0.3 is 0 Å². The SMILES string of the molecule is Cc1cc(Nc2nncc(N3CCN(C(=O)c4ccco4)CC3)n2)no1. The molecule has 3 aromatic heterocycles. The summed E-state index contributed by atoms with van der Waals surface area (Å²) in [7, 11) is 0.